The van der Waals surface area contributed by atoms with E-state index in [4.69, 9.17) is 4.84 Å². The summed E-state index contributed by atoms with van der Waals surface area (Å²) in [4.78, 5) is 17.1. The van der Waals surface area contributed by atoms with Crippen LogP contribution in [-0.2, 0) is 17.7 Å². The molecule has 1 amide bonds. The number of hydrogen-bond donors (Lipinski definition) is 1. The molecule has 0 radical (unpaired) electrons. The maximum Gasteiger partial charge on any atom is 0.274 e. The molecule has 0 saturated carbocycles. The lowest BCUT2D eigenvalue weighted by atomic mass is 9.90. The van der Waals surface area contributed by atoms with Gasteiger partial charge in [-0.15, -0.1) is 0 Å². The average molecular weight is 261 g/mol. The fourth-order valence-electron chi connectivity index (χ4n) is 2.47. The number of hydrogen-bond acceptors (Lipinski definition) is 2. The van der Waals surface area contributed by atoms with Gasteiger partial charge in [0.2, 0.25) is 0 Å². The largest absolute Gasteiger partial charge is 0.274 e. The van der Waals surface area contributed by atoms with Crippen LogP contribution in [0.3, 0.4) is 0 Å². The van der Waals surface area contributed by atoms with E-state index in [0.29, 0.717) is 12.2 Å². The zero-order valence-electron chi connectivity index (χ0n) is 11.7. The first-order valence-corrected chi connectivity index (χ1v) is 7.35. The van der Waals surface area contributed by atoms with E-state index in [-0.39, 0.29) is 5.91 Å². The van der Waals surface area contributed by atoms with Crippen molar-refractivity contribution in [3.8, 4) is 0 Å². The molecule has 19 heavy (non-hydrogen) atoms. The van der Waals surface area contributed by atoms with Crippen molar-refractivity contribution in [3.05, 3.63) is 34.9 Å². The van der Waals surface area contributed by atoms with Gasteiger partial charge in [0.05, 0.1) is 6.61 Å². The summed E-state index contributed by atoms with van der Waals surface area (Å²) in [6, 6.07) is 5.99. The van der Waals surface area contributed by atoms with Crippen LogP contribution < -0.4 is 5.48 Å². The summed E-state index contributed by atoms with van der Waals surface area (Å²) in [5.41, 5.74) is 5.95. The van der Waals surface area contributed by atoms with Gasteiger partial charge in [0.15, 0.2) is 0 Å². The van der Waals surface area contributed by atoms with E-state index in [1.54, 1.807) is 0 Å². The van der Waals surface area contributed by atoms with Gasteiger partial charge in [-0.2, -0.15) is 0 Å². The summed E-state index contributed by atoms with van der Waals surface area (Å²) < 4.78 is 0. The normalized spacial score (nSPS) is 13.9. The van der Waals surface area contributed by atoms with Crippen LogP contribution in [0.2, 0.25) is 0 Å². The predicted molar refractivity (Wildman–Crippen MR) is 76.0 cm³/mol. The van der Waals surface area contributed by atoms with Gasteiger partial charge in [0.1, 0.15) is 0 Å². The Labute approximate surface area is 115 Å². The van der Waals surface area contributed by atoms with E-state index < -0.39 is 0 Å². The third kappa shape index (κ3) is 4.06. The summed E-state index contributed by atoms with van der Waals surface area (Å²) >= 11 is 0. The van der Waals surface area contributed by atoms with Crippen molar-refractivity contribution in [2.75, 3.05) is 6.61 Å². The third-order valence-electron chi connectivity index (χ3n) is 3.63. The van der Waals surface area contributed by atoms with E-state index in [1.165, 1.54) is 24.0 Å². The Morgan fingerprint density at radius 2 is 2.00 bits per heavy atom. The second-order valence-corrected chi connectivity index (χ2v) is 5.18. The number of aryl methyl sites for hydroxylation is 2. The topological polar surface area (TPSA) is 38.3 Å². The van der Waals surface area contributed by atoms with Crippen molar-refractivity contribution in [1.29, 1.82) is 0 Å². The molecule has 0 fully saturated rings. The smallest absolute Gasteiger partial charge is 0.273 e. The van der Waals surface area contributed by atoms with Crippen molar-refractivity contribution < 1.29 is 9.63 Å². The number of fused-ring (bicyclic) bond motifs is 1. The van der Waals surface area contributed by atoms with Crippen LogP contribution in [0.4, 0.5) is 0 Å². The molecule has 0 atom stereocenters. The Morgan fingerprint density at radius 3 is 2.79 bits per heavy atom. The number of unbranched alkanes of at least 4 members (excludes halogenated alkanes) is 2. The Balaban J connectivity index is 1.85. The minimum atomic E-state index is -0.134. The fourth-order valence-corrected chi connectivity index (χ4v) is 2.47. The molecule has 0 spiro atoms. The monoisotopic (exact) mass is 261 g/mol. The van der Waals surface area contributed by atoms with Crippen LogP contribution in [0.1, 0.15) is 60.5 Å². The Morgan fingerprint density at radius 1 is 1.21 bits per heavy atom. The highest BCUT2D eigenvalue weighted by atomic mass is 16.6. The fraction of sp³-hybridized carbons (Fsp3) is 0.562. The van der Waals surface area contributed by atoms with Crippen molar-refractivity contribution in [1.82, 2.24) is 5.48 Å². The van der Waals surface area contributed by atoms with E-state index >= 15 is 0 Å². The van der Waals surface area contributed by atoms with Gasteiger partial charge < -0.3 is 0 Å². The molecular formula is C16H23NO2. The number of carbonyl (C=O) groups excluding carboxylic acids is 1. The molecule has 1 aromatic rings. The standard InChI is InChI=1S/C16H23NO2/c1-2-3-6-11-19-17-16(18)15-10-9-13-7-4-5-8-14(13)12-15/h9-10,12H,2-8,11H2,1H3,(H,17,18). The number of rotatable bonds is 6. The van der Waals surface area contributed by atoms with Gasteiger partial charge >= 0.3 is 0 Å². The molecule has 0 bridgehead atoms. The van der Waals surface area contributed by atoms with Crippen LogP contribution in [0.25, 0.3) is 0 Å². The van der Waals surface area contributed by atoms with Crippen molar-refractivity contribution in [3.63, 3.8) is 0 Å². The molecule has 1 aliphatic carbocycles. The third-order valence-corrected chi connectivity index (χ3v) is 3.63. The summed E-state index contributed by atoms with van der Waals surface area (Å²) in [6.07, 6.45) is 8.00. The molecule has 0 aliphatic heterocycles. The van der Waals surface area contributed by atoms with Crippen molar-refractivity contribution in [2.24, 2.45) is 0 Å². The molecule has 0 unspecified atom stereocenters. The van der Waals surface area contributed by atoms with E-state index in [9.17, 15) is 4.79 Å². The Kier molecular flexibility index (Phi) is 5.40. The summed E-state index contributed by atoms with van der Waals surface area (Å²) in [6.45, 7) is 2.73. The maximum absolute atomic E-state index is 11.9. The lowest BCUT2D eigenvalue weighted by molar-refractivity contribution is 0.0298. The molecule has 1 aliphatic rings. The maximum atomic E-state index is 11.9. The summed E-state index contributed by atoms with van der Waals surface area (Å²) in [5.74, 6) is -0.134. The number of amides is 1. The summed E-state index contributed by atoms with van der Waals surface area (Å²) in [7, 11) is 0. The molecule has 104 valence electrons. The molecule has 1 aromatic carbocycles. The number of nitrogens with one attached hydrogen (secondary N) is 1. The zero-order valence-corrected chi connectivity index (χ0v) is 11.7. The van der Waals surface area contributed by atoms with E-state index in [2.05, 4.69) is 18.5 Å². The molecule has 0 heterocycles. The highest BCUT2D eigenvalue weighted by Crippen LogP contribution is 2.22. The van der Waals surface area contributed by atoms with Gasteiger partial charge in [-0.3, -0.25) is 9.63 Å². The van der Waals surface area contributed by atoms with Gasteiger partial charge in [0, 0.05) is 5.56 Å². The SMILES string of the molecule is CCCCCONC(=O)c1ccc2c(c1)CCCC2. The molecule has 0 aromatic heterocycles. The first-order valence-electron chi connectivity index (χ1n) is 7.35. The second-order valence-electron chi connectivity index (χ2n) is 5.18. The van der Waals surface area contributed by atoms with Crippen LogP contribution in [0.15, 0.2) is 18.2 Å². The minimum Gasteiger partial charge on any atom is -0.273 e. The first kappa shape index (κ1) is 14.1. The second kappa shape index (κ2) is 7.29. The van der Waals surface area contributed by atoms with Crippen LogP contribution in [0, 0.1) is 0 Å². The van der Waals surface area contributed by atoms with Crippen molar-refractivity contribution >= 4 is 5.91 Å². The van der Waals surface area contributed by atoms with Gasteiger partial charge in [0.25, 0.3) is 5.91 Å². The highest BCUT2D eigenvalue weighted by molar-refractivity contribution is 5.93. The number of carbonyl (C=O) groups is 1. The Hall–Kier alpha value is -1.35. The Bertz CT molecular complexity index is 429. The summed E-state index contributed by atoms with van der Waals surface area (Å²) in [5, 5.41) is 0. The molecule has 2 rings (SSSR count). The molecule has 1 N–H and O–H groups in total. The van der Waals surface area contributed by atoms with E-state index in [1.807, 2.05) is 12.1 Å². The molecular weight excluding hydrogens is 238 g/mol. The van der Waals surface area contributed by atoms with Crippen LogP contribution >= 0.6 is 0 Å². The van der Waals surface area contributed by atoms with Gasteiger partial charge in [-0.25, -0.2) is 5.48 Å². The number of hydroxylamine groups is 1. The predicted octanol–water partition coefficient (Wildman–Crippen LogP) is 3.42. The lowest BCUT2D eigenvalue weighted by Crippen LogP contribution is -2.24. The zero-order chi connectivity index (χ0) is 13.5. The minimum absolute atomic E-state index is 0.134. The molecule has 3 heteroatoms. The highest BCUT2D eigenvalue weighted by Gasteiger charge is 2.12. The lowest BCUT2D eigenvalue weighted by Gasteiger charge is -2.16. The van der Waals surface area contributed by atoms with E-state index in [0.717, 1.165) is 32.1 Å². The van der Waals surface area contributed by atoms with Gasteiger partial charge in [-0.1, -0.05) is 25.8 Å². The van der Waals surface area contributed by atoms with Crippen LogP contribution in [0.5, 0.6) is 0 Å². The van der Waals surface area contributed by atoms with Crippen molar-refractivity contribution in [2.45, 2.75) is 51.9 Å². The van der Waals surface area contributed by atoms with Gasteiger partial charge in [-0.05, 0) is 55.4 Å². The first-order chi connectivity index (χ1) is 9.31. The average Bonchev–Trinajstić information content (AvgIpc) is 2.46. The molecule has 0 saturated heterocycles. The number of benzene rings is 1. The quantitative estimate of drug-likeness (QED) is 0.629. The molecule has 3 nitrogen and oxygen atoms in total. The van der Waals surface area contributed by atoms with Crippen LogP contribution in [-0.4, -0.2) is 12.5 Å².